The van der Waals surface area contributed by atoms with Crippen molar-refractivity contribution in [3.8, 4) is 17.2 Å². The Morgan fingerprint density at radius 2 is 1.59 bits per heavy atom. The molecule has 27 heavy (non-hydrogen) atoms. The van der Waals surface area contributed by atoms with Crippen molar-refractivity contribution >= 4 is 10.1 Å². The molecule has 142 valence electrons. The van der Waals surface area contributed by atoms with Gasteiger partial charge in [0.15, 0.2) is 0 Å². The van der Waals surface area contributed by atoms with E-state index >= 15 is 0 Å². The maximum Gasteiger partial charge on any atom is 1.00 e. The SMILES string of the molecule is CCCCCCCCc1c(Oc2ccc([O-])cc2)cccc1S(=O)(=O)O.[K+]. The van der Waals surface area contributed by atoms with Gasteiger partial charge in [0.2, 0.25) is 0 Å². The summed E-state index contributed by atoms with van der Waals surface area (Å²) in [5, 5.41) is 11.2. The van der Waals surface area contributed by atoms with Gasteiger partial charge in [0.1, 0.15) is 16.4 Å². The van der Waals surface area contributed by atoms with Crippen molar-refractivity contribution in [3.63, 3.8) is 0 Å². The van der Waals surface area contributed by atoms with Crippen LogP contribution in [-0.4, -0.2) is 13.0 Å². The van der Waals surface area contributed by atoms with E-state index in [1.54, 1.807) is 6.07 Å². The number of ether oxygens (including phenoxy) is 1. The molecule has 0 spiro atoms. The monoisotopic (exact) mass is 416 g/mol. The zero-order valence-corrected chi connectivity index (χ0v) is 19.9. The van der Waals surface area contributed by atoms with Crippen molar-refractivity contribution in [3.05, 3.63) is 48.0 Å². The minimum absolute atomic E-state index is 0. The van der Waals surface area contributed by atoms with Crippen molar-refractivity contribution in [1.82, 2.24) is 0 Å². The Hall–Kier alpha value is -0.414. The Balaban J connectivity index is 0.00000364. The summed E-state index contributed by atoms with van der Waals surface area (Å²) in [6.45, 7) is 2.16. The zero-order valence-electron chi connectivity index (χ0n) is 16.0. The van der Waals surface area contributed by atoms with Gasteiger partial charge in [-0.25, -0.2) is 0 Å². The molecule has 2 aromatic rings. The van der Waals surface area contributed by atoms with E-state index in [0.29, 0.717) is 23.5 Å². The summed E-state index contributed by atoms with van der Waals surface area (Å²) in [5.74, 6) is 0.699. The first-order valence-electron chi connectivity index (χ1n) is 8.96. The van der Waals surface area contributed by atoms with Crippen LogP contribution in [0.15, 0.2) is 47.4 Å². The molecule has 0 fully saturated rings. The molecule has 0 aromatic heterocycles. The third-order valence-corrected chi connectivity index (χ3v) is 5.14. The Morgan fingerprint density at radius 3 is 2.22 bits per heavy atom. The molecule has 0 saturated heterocycles. The van der Waals surface area contributed by atoms with E-state index in [1.165, 1.54) is 55.7 Å². The summed E-state index contributed by atoms with van der Waals surface area (Å²) < 4.78 is 38.8. The number of rotatable bonds is 10. The van der Waals surface area contributed by atoms with Gasteiger partial charge in [0.25, 0.3) is 10.1 Å². The third-order valence-electron chi connectivity index (χ3n) is 4.20. The van der Waals surface area contributed by atoms with E-state index in [0.717, 1.165) is 19.3 Å². The molecule has 0 amide bonds. The zero-order chi connectivity index (χ0) is 19.0. The molecule has 0 aliphatic heterocycles. The Morgan fingerprint density at radius 1 is 0.963 bits per heavy atom. The quantitative estimate of drug-likeness (QED) is 0.362. The summed E-state index contributed by atoms with van der Waals surface area (Å²) in [6.07, 6.45) is 6.94. The van der Waals surface area contributed by atoms with Gasteiger partial charge in [0, 0.05) is 5.56 Å². The second-order valence-corrected chi connectivity index (χ2v) is 7.69. The van der Waals surface area contributed by atoms with E-state index in [1.807, 2.05) is 0 Å². The second-order valence-electron chi connectivity index (χ2n) is 6.30. The van der Waals surface area contributed by atoms with Crippen LogP contribution in [0.25, 0.3) is 0 Å². The number of hydrogen-bond donors (Lipinski definition) is 1. The normalized spacial score (nSPS) is 11.0. The van der Waals surface area contributed by atoms with Gasteiger partial charge < -0.3 is 9.84 Å². The Kier molecular flexibility index (Phi) is 11.1. The molecule has 0 aliphatic carbocycles. The topological polar surface area (TPSA) is 86.7 Å². The molecule has 0 atom stereocenters. The number of benzene rings is 2. The van der Waals surface area contributed by atoms with Crippen LogP contribution in [0.1, 0.15) is 51.0 Å². The maximum atomic E-state index is 11.7. The standard InChI is InChI=1S/C20H26O5S.K/c1-2-3-4-5-6-7-9-18-19(10-8-11-20(18)26(22,23)24)25-17-14-12-16(21)13-15-17;/h8,10-15,21H,2-7,9H2,1H3,(H,22,23,24);/q;+1/p-1. The molecule has 2 rings (SSSR count). The van der Waals surface area contributed by atoms with E-state index in [2.05, 4.69) is 6.92 Å². The van der Waals surface area contributed by atoms with Gasteiger partial charge in [-0.1, -0.05) is 57.2 Å². The van der Waals surface area contributed by atoms with Crippen molar-refractivity contribution in [2.24, 2.45) is 0 Å². The third kappa shape index (κ3) is 8.23. The van der Waals surface area contributed by atoms with Crippen LogP contribution >= 0.6 is 0 Å². The summed E-state index contributed by atoms with van der Waals surface area (Å²) in [7, 11) is -4.34. The van der Waals surface area contributed by atoms with Crippen LogP contribution < -0.4 is 61.2 Å². The predicted octanol–water partition coefficient (Wildman–Crippen LogP) is 1.71. The van der Waals surface area contributed by atoms with Crippen molar-refractivity contribution in [1.29, 1.82) is 0 Å². The molecule has 7 heteroatoms. The van der Waals surface area contributed by atoms with Gasteiger partial charge in [-0.15, -0.1) is 5.75 Å². The van der Waals surface area contributed by atoms with Crippen molar-refractivity contribution in [2.75, 3.05) is 0 Å². The van der Waals surface area contributed by atoms with Crippen molar-refractivity contribution < 1.29 is 74.2 Å². The van der Waals surface area contributed by atoms with Crippen molar-refractivity contribution in [2.45, 2.75) is 56.8 Å². The Labute approximate surface area is 204 Å². The fraction of sp³-hybridized carbons (Fsp3) is 0.400. The molecule has 2 aromatic carbocycles. The fourth-order valence-corrected chi connectivity index (χ4v) is 3.61. The minimum Gasteiger partial charge on any atom is -0.872 e. The van der Waals surface area contributed by atoms with Crippen LogP contribution in [0, 0.1) is 0 Å². The molecule has 0 heterocycles. The molecule has 0 saturated carbocycles. The summed E-state index contributed by atoms with van der Waals surface area (Å²) in [5.41, 5.74) is 0.469. The fourth-order valence-electron chi connectivity index (χ4n) is 2.85. The molecule has 5 nitrogen and oxygen atoms in total. The Bertz CT molecular complexity index is 804. The van der Waals surface area contributed by atoms with Gasteiger partial charge in [-0.05, 0) is 37.1 Å². The average molecular weight is 417 g/mol. The average Bonchev–Trinajstić information content (AvgIpc) is 2.60. The number of unbranched alkanes of at least 4 members (excludes halogenated alkanes) is 5. The predicted molar refractivity (Wildman–Crippen MR) is 99.3 cm³/mol. The largest absolute Gasteiger partial charge is 1.00 e. The number of hydrogen-bond acceptors (Lipinski definition) is 4. The molecular formula is C20H25KO5S. The first-order valence-corrected chi connectivity index (χ1v) is 10.4. The van der Waals surface area contributed by atoms with Crippen LogP contribution in [0.2, 0.25) is 0 Å². The van der Waals surface area contributed by atoms with Gasteiger partial charge in [-0.2, -0.15) is 8.42 Å². The van der Waals surface area contributed by atoms with E-state index < -0.39 is 10.1 Å². The van der Waals surface area contributed by atoms with Gasteiger partial charge in [-0.3, -0.25) is 4.55 Å². The molecule has 1 N–H and O–H groups in total. The summed E-state index contributed by atoms with van der Waals surface area (Å²) in [6, 6.07) is 10.4. The molecule has 0 radical (unpaired) electrons. The van der Waals surface area contributed by atoms with Gasteiger partial charge >= 0.3 is 51.4 Å². The van der Waals surface area contributed by atoms with Crippen LogP contribution in [0.4, 0.5) is 0 Å². The van der Waals surface area contributed by atoms with E-state index in [9.17, 15) is 18.1 Å². The first-order chi connectivity index (χ1) is 12.4. The smallest absolute Gasteiger partial charge is 0.872 e. The van der Waals surface area contributed by atoms with Crippen LogP contribution in [-0.2, 0) is 16.5 Å². The van der Waals surface area contributed by atoms with E-state index in [4.69, 9.17) is 4.74 Å². The first kappa shape index (κ1) is 24.6. The van der Waals surface area contributed by atoms with E-state index in [-0.39, 0.29) is 62.0 Å². The van der Waals surface area contributed by atoms with Gasteiger partial charge in [0.05, 0.1) is 0 Å². The molecular weight excluding hydrogens is 391 g/mol. The molecule has 0 unspecified atom stereocenters. The minimum atomic E-state index is -4.34. The summed E-state index contributed by atoms with van der Waals surface area (Å²) in [4.78, 5) is -0.121. The maximum absolute atomic E-state index is 11.7. The van der Waals surface area contributed by atoms with Crippen LogP contribution in [0.5, 0.6) is 17.2 Å². The molecule has 0 bridgehead atoms. The molecule has 0 aliphatic rings. The second kappa shape index (κ2) is 12.2. The van der Waals surface area contributed by atoms with Crippen LogP contribution in [0.3, 0.4) is 0 Å². The summed E-state index contributed by atoms with van der Waals surface area (Å²) >= 11 is 0.